The number of thioether (sulfide) groups is 1. The van der Waals surface area contributed by atoms with E-state index in [4.69, 9.17) is 0 Å². The van der Waals surface area contributed by atoms with Crippen molar-refractivity contribution in [2.24, 2.45) is 0 Å². The van der Waals surface area contributed by atoms with Gasteiger partial charge in [-0.3, -0.25) is 9.59 Å². The Hall–Kier alpha value is -3.05. The summed E-state index contributed by atoms with van der Waals surface area (Å²) in [5.74, 6) is 0.938. The van der Waals surface area contributed by atoms with Crippen LogP contribution in [0.4, 0.5) is 0 Å². The fraction of sp³-hybridized carbons (Fsp3) is 0.333. The summed E-state index contributed by atoms with van der Waals surface area (Å²) in [6.07, 6.45) is 0.472. The van der Waals surface area contributed by atoms with Gasteiger partial charge >= 0.3 is 0 Å². The zero-order valence-corrected chi connectivity index (χ0v) is 22.0. The first-order valence-corrected chi connectivity index (χ1v) is 13.3. The lowest BCUT2D eigenvalue weighted by Crippen LogP contribution is -2.52. The monoisotopic (exact) mass is 488 g/mol. The van der Waals surface area contributed by atoms with Gasteiger partial charge in [0.1, 0.15) is 6.04 Å². The van der Waals surface area contributed by atoms with Gasteiger partial charge in [0.15, 0.2) is 0 Å². The summed E-state index contributed by atoms with van der Waals surface area (Å²) in [5.41, 5.74) is 5.61. The molecule has 0 fully saturated rings. The minimum absolute atomic E-state index is 0.00752. The van der Waals surface area contributed by atoms with Crippen LogP contribution in [-0.4, -0.2) is 34.6 Å². The molecular weight excluding hydrogens is 452 g/mol. The number of rotatable bonds is 11. The number of aryl methyl sites for hydroxylation is 2. The van der Waals surface area contributed by atoms with Crippen molar-refractivity contribution in [2.75, 3.05) is 5.75 Å². The highest BCUT2D eigenvalue weighted by Gasteiger charge is 2.30. The van der Waals surface area contributed by atoms with Crippen LogP contribution in [0.15, 0.2) is 78.9 Å². The molecule has 1 atom stereocenters. The molecule has 0 heterocycles. The Labute approximate surface area is 214 Å². The maximum Gasteiger partial charge on any atom is 0.243 e. The first-order valence-electron chi connectivity index (χ1n) is 12.1. The molecular formula is C30H36N2O2S. The summed E-state index contributed by atoms with van der Waals surface area (Å²) in [6, 6.07) is 25.7. The van der Waals surface area contributed by atoms with Gasteiger partial charge in [-0.15, -0.1) is 11.8 Å². The smallest absolute Gasteiger partial charge is 0.243 e. The first kappa shape index (κ1) is 26.6. The molecule has 1 unspecified atom stereocenters. The zero-order chi connectivity index (χ0) is 25.2. The normalized spacial score (nSPS) is 11.8. The zero-order valence-electron chi connectivity index (χ0n) is 21.2. The topological polar surface area (TPSA) is 49.4 Å². The molecule has 0 bridgehead atoms. The predicted octanol–water partition coefficient (Wildman–Crippen LogP) is 5.70. The highest BCUT2D eigenvalue weighted by atomic mass is 32.2. The molecule has 1 N–H and O–H groups in total. The van der Waals surface area contributed by atoms with E-state index in [2.05, 4.69) is 30.4 Å². The van der Waals surface area contributed by atoms with E-state index in [1.165, 1.54) is 11.1 Å². The van der Waals surface area contributed by atoms with Crippen LogP contribution in [0.5, 0.6) is 0 Å². The molecule has 184 valence electrons. The summed E-state index contributed by atoms with van der Waals surface area (Å²) < 4.78 is 0. The van der Waals surface area contributed by atoms with Crippen LogP contribution in [0.2, 0.25) is 0 Å². The number of hydrogen-bond donors (Lipinski definition) is 1. The van der Waals surface area contributed by atoms with E-state index in [1.807, 2.05) is 81.4 Å². The van der Waals surface area contributed by atoms with Gasteiger partial charge in [-0.2, -0.15) is 0 Å². The van der Waals surface area contributed by atoms with Crippen molar-refractivity contribution in [1.29, 1.82) is 0 Å². The standard InChI is InChI=1S/C30H36N2O2S/c1-22(2)31-30(34)28(18-25-13-6-5-7-14-25)32(19-27-16-9-8-12-24(27)4)29(33)21-35-20-26-15-10-11-23(3)17-26/h5-17,22,28H,18-21H2,1-4H3,(H,31,34). The average molecular weight is 489 g/mol. The minimum Gasteiger partial charge on any atom is -0.352 e. The molecule has 2 amide bonds. The van der Waals surface area contributed by atoms with Gasteiger partial charge in [-0.1, -0.05) is 84.4 Å². The molecule has 4 nitrogen and oxygen atoms in total. The molecule has 0 aliphatic heterocycles. The van der Waals surface area contributed by atoms with Crippen LogP contribution >= 0.6 is 11.8 Å². The summed E-state index contributed by atoms with van der Waals surface area (Å²) in [6.45, 7) is 8.42. The van der Waals surface area contributed by atoms with Gasteiger partial charge < -0.3 is 10.2 Å². The van der Waals surface area contributed by atoms with Crippen LogP contribution in [0, 0.1) is 13.8 Å². The van der Waals surface area contributed by atoms with Crippen molar-refractivity contribution < 1.29 is 9.59 Å². The fourth-order valence-corrected chi connectivity index (χ4v) is 4.90. The highest BCUT2D eigenvalue weighted by Crippen LogP contribution is 2.20. The molecule has 0 radical (unpaired) electrons. The van der Waals surface area contributed by atoms with Gasteiger partial charge in [-0.25, -0.2) is 0 Å². The number of carbonyl (C=O) groups is 2. The molecule has 0 aromatic heterocycles. The lowest BCUT2D eigenvalue weighted by Gasteiger charge is -2.32. The highest BCUT2D eigenvalue weighted by molar-refractivity contribution is 7.99. The van der Waals surface area contributed by atoms with E-state index in [0.717, 1.165) is 22.4 Å². The van der Waals surface area contributed by atoms with Crippen molar-refractivity contribution in [2.45, 2.75) is 58.5 Å². The molecule has 0 saturated carbocycles. The second-order valence-electron chi connectivity index (χ2n) is 9.30. The van der Waals surface area contributed by atoms with Gasteiger partial charge in [-0.05, 0) is 49.9 Å². The van der Waals surface area contributed by atoms with E-state index < -0.39 is 6.04 Å². The number of nitrogens with zero attached hydrogens (tertiary/aromatic N) is 1. The second-order valence-corrected chi connectivity index (χ2v) is 10.3. The maximum absolute atomic E-state index is 13.7. The van der Waals surface area contributed by atoms with E-state index in [-0.39, 0.29) is 17.9 Å². The Morgan fingerprint density at radius 1 is 0.886 bits per heavy atom. The molecule has 3 aromatic rings. The summed E-state index contributed by atoms with van der Waals surface area (Å²) in [7, 11) is 0. The number of hydrogen-bond acceptors (Lipinski definition) is 3. The Morgan fingerprint density at radius 2 is 1.57 bits per heavy atom. The third kappa shape index (κ3) is 8.29. The molecule has 5 heteroatoms. The molecule has 3 rings (SSSR count). The van der Waals surface area contributed by atoms with Crippen molar-refractivity contribution in [3.8, 4) is 0 Å². The molecule has 0 aliphatic carbocycles. The third-order valence-electron chi connectivity index (χ3n) is 5.88. The minimum atomic E-state index is -0.591. The number of carbonyl (C=O) groups excluding carboxylic acids is 2. The van der Waals surface area contributed by atoms with Crippen LogP contribution in [-0.2, 0) is 28.3 Å². The first-order chi connectivity index (χ1) is 16.8. The SMILES string of the molecule is Cc1cccc(CSCC(=O)N(Cc2ccccc2C)C(Cc2ccccc2)C(=O)NC(C)C)c1. The Kier molecular flexibility index (Phi) is 9.98. The maximum atomic E-state index is 13.7. The largest absolute Gasteiger partial charge is 0.352 e. The van der Waals surface area contributed by atoms with Crippen LogP contribution in [0.3, 0.4) is 0 Å². The van der Waals surface area contributed by atoms with E-state index in [0.29, 0.717) is 18.7 Å². The van der Waals surface area contributed by atoms with Crippen LogP contribution in [0.25, 0.3) is 0 Å². The van der Waals surface area contributed by atoms with Crippen molar-refractivity contribution in [3.63, 3.8) is 0 Å². The van der Waals surface area contributed by atoms with Crippen molar-refractivity contribution in [3.05, 3.63) is 107 Å². The lowest BCUT2D eigenvalue weighted by molar-refractivity contribution is -0.139. The second kappa shape index (κ2) is 13.1. The van der Waals surface area contributed by atoms with Gasteiger partial charge in [0.2, 0.25) is 11.8 Å². The van der Waals surface area contributed by atoms with Crippen LogP contribution < -0.4 is 5.32 Å². The lowest BCUT2D eigenvalue weighted by atomic mass is 10.0. The fourth-order valence-electron chi connectivity index (χ4n) is 4.05. The van der Waals surface area contributed by atoms with Crippen molar-refractivity contribution >= 4 is 23.6 Å². The van der Waals surface area contributed by atoms with Crippen LogP contribution in [0.1, 0.15) is 41.7 Å². The molecule has 3 aromatic carbocycles. The summed E-state index contributed by atoms with van der Waals surface area (Å²) in [5, 5.41) is 3.05. The van der Waals surface area contributed by atoms with E-state index in [9.17, 15) is 9.59 Å². The Morgan fingerprint density at radius 3 is 2.26 bits per heavy atom. The Bertz CT molecular complexity index is 1110. The molecule has 0 spiro atoms. The summed E-state index contributed by atoms with van der Waals surface area (Å²) in [4.78, 5) is 28.8. The summed E-state index contributed by atoms with van der Waals surface area (Å²) >= 11 is 1.59. The van der Waals surface area contributed by atoms with E-state index >= 15 is 0 Å². The molecule has 0 saturated heterocycles. The van der Waals surface area contributed by atoms with Crippen molar-refractivity contribution in [1.82, 2.24) is 10.2 Å². The quantitative estimate of drug-likeness (QED) is 0.377. The number of benzene rings is 3. The number of nitrogens with one attached hydrogen (secondary N) is 1. The van der Waals surface area contributed by atoms with Gasteiger partial charge in [0.05, 0.1) is 5.75 Å². The number of amides is 2. The molecule has 0 aliphatic rings. The van der Waals surface area contributed by atoms with Gasteiger partial charge in [0, 0.05) is 24.8 Å². The predicted molar refractivity (Wildman–Crippen MR) is 146 cm³/mol. The molecule has 35 heavy (non-hydrogen) atoms. The van der Waals surface area contributed by atoms with Gasteiger partial charge in [0.25, 0.3) is 0 Å². The Balaban J connectivity index is 1.85. The van der Waals surface area contributed by atoms with E-state index in [1.54, 1.807) is 16.7 Å². The third-order valence-corrected chi connectivity index (χ3v) is 6.87. The average Bonchev–Trinajstić information content (AvgIpc) is 2.82.